The summed E-state index contributed by atoms with van der Waals surface area (Å²) in [6.45, 7) is 1.79. The summed E-state index contributed by atoms with van der Waals surface area (Å²) in [5, 5.41) is -0.0512. The van der Waals surface area contributed by atoms with E-state index in [1.165, 1.54) is 19.2 Å². The molecule has 2 nitrogen and oxygen atoms in total. The second-order valence-corrected chi connectivity index (χ2v) is 3.18. The quantitative estimate of drug-likeness (QED) is 0.711. The smallest absolute Gasteiger partial charge is 0.337 e. The highest BCUT2D eigenvalue weighted by Gasteiger charge is 2.12. The first-order valence-electron chi connectivity index (χ1n) is 4.16. The molecule has 0 unspecified atom stereocenters. The van der Waals surface area contributed by atoms with Gasteiger partial charge in [0.05, 0.1) is 17.7 Å². The van der Waals surface area contributed by atoms with E-state index in [0.29, 0.717) is 12.0 Å². The fraction of sp³-hybridized carbons (Fsp3) is 0.300. The highest BCUT2D eigenvalue weighted by Crippen LogP contribution is 2.21. The Morgan fingerprint density at radius 1 is 1.57 bits per heavy atom. The van der Waals surface area contributed by atoms with E-state index < -0.39 is 11.8 Å². The summed E-state index contributed by atoms with van der Waals surface area (Å²) >= 11 is 5.62. The number of hydrogen-bond acceptors (Lipinski definition) is 2. The summed E-state index contributed by atoms with van der Waals surface area (Å²) in [5.74, 6) is -0.983. The standard InChI is InChI=1S/C10H10ClFO2/c1-3-6-4-7(10(13)14-2)5-8(11)9(6)12/h4-5H,3H2,1-2H3. The molecule has 0 heterocycles. The number of aryl methyl sites for hydroxylation is 1. The van der Waals surface area contributed by atoms with Crippen molar-refractivity contribution in [1.82, 2.24) is 0 Å². The third-order valence-electron chi connectivity index (χ3n) is 1.91. The van der Waals surface area contributed by atoms with Crippen molar-refractivity contribution in [2.75, 3.05) is 7.11 Å². The van der Waals surface area contributed by atoms with Gasteiger partial charge in [0.25, 0.3) is 0 Å². The molecule has 1 aromatic carbocycles. The fourth-order valence-electron chi connectivity index (χ4n) is 1.14. The predicted octanol–water partition coefficient (Wildman–Crippen LogP) is 2.83. The van der Waals surface area contributed by atoms with Crippen LogP contribution in [0.5, 0.6) is 0 Å². The van der Waals surface area contributed by atoms with Crippen LogP contribution in [0.25, 0.3) is 0 Å². The largest absolute Gasteiger partial charge is 0.465 e. The van der Waals surface area contributed by atoms with Crippen molar-refractivity contribution in [2.45, 2.75) is 13.3 Å². The Kier molecular flexibility index (Phi) is 3.47. The SMILES string of the molecule is CCc1cc(C(=O)OC)cc(Cl)c1F. The van der Waals surface area contributed by atoms with E-state index in [0.717, 1.165) is 0 Å². The predicted molar refractivity (Wildman–Crippen MR) is 52.1 cm³/mol. The lowest BCUT2D eigenvalue weighted by atomic mass is 10.1. The van der Waals surface area contributed by atoms with Gasteiger partial charge in [0.2, 0.25) is 0 Å². The van der Waals surface area contributed by atoms with Gasteiger partial charge in [-0.05, 0) is 24.1 Å². The van der Waals surface area contributed by atoms with Crippen LogP contribution in [0.1, 0.15) is 22.8 Å². The number of esters is 1. The van der Waals surface area contributed by atoms with Crippen molar-refractivity contribution in [3.63, 3.8) is 0 Å². The lowest BCUT2D eigenvalue weighted by molar-refractivity contribution is 0.0600. The van der Waals surface area contributed by atoms with Crippen molar-refractivity contribution < 1.29 is 13.9 Å². The summed E-state index contributed by atoms with van der Waals surface area (Å²) < 4.78 is 17.8. The number of methoxy groups -OCH3 is 1. The zero-order valence-corrected chi connectivity index (χ0v) is 8.69. The molecule has 14 heavy (non-hydrogen) atoms. The summed E-state index contributed by atoms with van der Waals surface area (Å²) in [6.07, 6.45) is 0.483. The maximum absolute atomic E-state index is 13.3. The fourth-order valence-corrected chi connectivity index (χ4v) is 1.38. The van der Waals surface area contributed by atoms with E-state index in [2.05, 4.69) is 4.74 Å². The zero-order chi connectivity index (χ0) is 10.7. The first-order chi connectivity index (χ1) is 6.60. The van der Waals surface area contributed by atoms with Gasteiger partial charge in [-0.2, -0.15) is 0 Å². The average Bonchev–Trinajstić information content (AvgIpc) is 2.20. The van der Waals surface area contributed by atoms with Gasteiger partial charge in [-0.15, -0.1) is 0 Å². The Hall–Kier alpha value is -1.09. The molecule has 0 spiro atoms. The minimum Gasteiger partial charge on any atom is -0.465 e. The monoisotopic (exact) mass is 216 g/mol. The van der Waals surface area contributed by atoms with Crippen LogP contribution >= 0.6 is 11.6 Å². The summed E-state index contributed by atoms with van der Waals surface area (Å²) in [5.41, 5.74) is 0.689. The topological polar surface area (TPSA) is 26.3 Å². The van der Waals surface area contributed by atoms with Crippen LogP contribution in [0.2, 0.25) is 5.02 Å². The van der Waals surface area contributed by atoms with Gasteiger partial charge < -0.3 is 4.74 Å². The first-order valence-corrected chi connectivity index (χ1v) is 4.54. The Morgan fingerprint density at radius 2 is 2.21 bits per heavy atom. The third-order valence-corrected chi connectivity index (χ3v) is 2.18. The van der Waals surface area contributed by atoms with Crippen LogP contribution < -0.4 is 0 Å². The van der Waals surface area contributed by atoms with Crippen LogP contribution in [0, 0.1) is 5.82 Å². The summed E-state index contributed by atoms with van der Waals surface area (Å²) in [4.78, 5) is 11.1. The second kappa shape index (κ2) is 4.42. The molecule has 0 aliphatic heterocycles. The number of benzene rings is 1. The zero-order valence-electron chi connectivity index (χ0n) is 7.93. The Morgan fingerprint density at radius 3 is 2.71 bits per heavy atom. The first kappa shape index (κ1) is 11.0. The molecular weight excluding hydrogens is 207 g/mol. The highest BCUT2D eigenvalue weighted by molar-refractivity contribution is 6.31. The van der Waals surface area contributed by atoms with Crippen molar-refractivity contribution in [3.8, 4) is 0 Å². The molecule has 0 N–H and O–H groups in total. The molecule has 0 atom stereocenters. The van der Waals surface area contributed by atoms with Crippen molar-refractivity contribution in [1.29, 1.82) is 0 Å². The van der Waals surface area contributed by atoms with Gasteiger partial charge in [-0.25, -0.2) is 9.18 Å². The minimum atomic E-state index is -0.512. The number of halogens is 2. The molecular formula is C10H10ClFO2. The van der Waals surface area contributed by atoms with Crippen molar-refractivity contribution in [3.05, 3.63) is 34.1 Å². The summed E-state index contributed by atoms with van der Waals surface area (Å²) in [7, 11) is 1.27. The van der Waals surface area contributed by atoms with Crippen molar-refractivity contribution >= 4 is 17.6 Å². The van der Waals surface area contributed by atoms with E-state index in [4.69, 9.17) is 11.6 Å². The number of carbonyl (C=O) groups excluding carboxylic acids is 1. The molecule has 0 amide bonds. The van der Waals surface area contributed by atoms with Crippen LogP contribution in [-0.2, 0) is 11.2 Å². The van der Waals surface area contributed by atoms with E-state index in [-0.39, 0.29) is 10.6 Å². The number of rotatable bonds is 2. The van der Waals surface area contributed by atoms with Gasteiger partial charge in [0.1, 0.15) is 5.82 Å². The Labute approximate surface area is 86.6 Å². The molecule has 1 rings (SSSR count). The van der Waals surface area contributed by atoms with Crippen LogP contribution in [0.15, 0.2) is 12.1 Å². The molecule has 0 radical (unpaired) electrons. The molecule has 0 aliphatic carbocycles. The lowest BCUT2D eigenvalue weighted by Gasteiger charge is -2.05. The van der Waals surface area contributed by atoms with E-state index in [1.807, 2.05) is 0 Å². The van der Waals surface area contributed by atoms with Gasteiger partial charge in [0.15, 0.2) is 0 Å². The van der Waals surface area contributed by atoms with Gasteiger partial charge in [0, 0.05) is 0 Å². The van der Waals surface area contributed by atoms with Gasteiger partial charge in [-0.3, -0.25) is 0 Å². The molecule has 0 aromatic heterocycles. The maximum Gasteiger partial charge on any atom is 0.337 e. The third kappa shape index (κ3) is 2.04. The summed E-state index contributed by atoms with van der Waals surface area (Å²) in [6, 6.07) is 2.72. The number of hydrogen-bond donors (Lipinski definition) is 0. The molecule has 1 aromatic rings. The van der Waals surface area contributed by atoms with E-state index in [9.17, 15) is 9.18 Å². The second-order valence-electron chi connectivity index (χ2n) is 2.78. The number of ether oxygens (including phenoxy) is 1. The van der Waals surface area contributed by atoms with E-state index in [1.54, 1.807) is 6.92 Å². The number of carbonyl (C=O) groups is 1. The lowest BCUT2D eigenvalue weighted by Crippen LogP contribution is -2.03. The average molecular weight is 217 g/mol. The van der Waals surface area contributed by atoms with Gasteiger partial charge in [-0.1, -0.05) is 18.5 Å². The van der Waals surface area contributed by atoms with Gasteiger partial charge >= 0.3 is 5.97 Å². The molecule has 0 saturated carbocycles. The normalized spacial score (nSPS) is 10.0. The van der Waals surface area contributed by atoms with Crippen molar-refractivity contribution in [2.24, 2.45) is 0 Å². The molecule has 0 aliphatic rings. The van der Waals surface area contributed by atoms with Crippen LogP contribution in [0.4, 0.5) is 4.39 Å². The maximum atomic E-state index is 13.3. The Bertz CT molecular complexity index is 363. The molecule has 0 saturated heterocycles. The molecule has 0 bridgehead atoms. The highest BCUT2D eigenvalue weighted by atomic mass is 35.5. The molecule has 76 valence electrons. The Balaban J connectivity index is 3.22. The minimum absolute atomic E-state index is 0.0512. The van der Waals surface area contributed by atoms with Crippen LogP contribution in [-0.4, -0.2) is 13.1 Å². The molecule has 0 fully saturated rings. The molecule has 4 heteroatoms. The van der Waals surface area contributed by atoms with E-state index >= 15 is 0 Å². The van der Waals surface area contributed by atoms with Crippen LogP contribution in [0.3, 0.4) is 0 Å².